The van der Waals surface area contributed by atoms with Gasteiger partial charge in [0.2, 0.25) is 12.7 Å². The van der Waals surface area contributed by atoms with Crippen LogP contribution in [-0.4, -0.2) is 45.4 Å². The lowest BCUT2D eigenvalue weighted by atomic mass is 9.96. The molecule has 1 saturated heterocycles. The van der Waals surface area contributed by atoms with Crippen molar-refractivity contribution in [1.29, 1.82) is 0 Å². The summed E-state index contributed by atoms with van der Waals surface area (Å²) in [7, 11) is 0. The summed E-state index contributed by atoms with van der Waals surface area (Å²) in [5, 5.41) is 7.49. The van der Waals surface area contributed by atoms with Crippen molar-refractivity contribution in [1.82, 2.24) is 24.9 Å². The van der Waals surface area contributed by atoms with Crippen LogP contribution in [0.3, 0.4) is 0 Å². The molecule has 2 aliphatic rings. The first kappa shape index (κ1) is 19.6. The molecule has 0 spiro atoms. The van der Waals surface area contributed by atoms with E-state index in [2.05, 4.69) is 32.2 Å². The molecule has 31 heavy (non-hydrogen) atoms. The van der Waals surface area contributed by atoms with Gasteiger partial charge < -0.3 is 19.7 Å². The van der Waals surface area contributed by atoms with Crippen molar-refractivity contribution < 1.29 is 14.3 Å². The number of rotatable bonds is 5. The number of hydrogen-bond acceptors (Lipinski definition) is 7. The van der Waals surface area contributed by atoms with Gasteiger partial charge in [0.1, 0.15) is 12.1 Å². The standard InChI is InChI=1S/C22H26N6O3/c1-3-17-14(2)26-22-24-12-25-28(22)21(17)27-8-4-5-16(11-27)20(29)23-10-15-6-7-18-19(9-15)31-13-30-18/h6-7,9,12,16H,3-5,8,10-11,13H2,1-2H3,(H,23,29)/t16-/m0/s1. The molecule has 4 heterocycles. The summed E-state index contributed by atoms with van der Waals surface area (Å²) >= 11 is 0. The van der Waals surface area contributed by atoms with E-state index in [1.54, 1.807) is 4.52 Å². The van der Waals surface area contributed by atoms with Gasteiger partial charge in [-0.3, -0.25) is 4.79 Å². The van der Waals surface area contributed by atoms with Crippen molar-refractivity contribution in [3.8, 4) is 11.5 Å². The maximum Gasteiger partial charge on any atom is 0.254 e. The highest BCUT2D eigenvalue weighted by molar-refractivity contribution is 5.79. The Morgan fingerprint density at radius 1 is 1.29 bits per heavy atom. The number of fused-ring (bicyclic) bond motifs is 2. The van der Waals surface area contributed by atoms with E-state index in [1.165, 1.54) is 6.33 Å². The molecule has 2 aromatic heterocycles. The Balaban J connectivity index is 1.31. The zero-order valence-corrected chi connectivity index (χ0v) is 17.8. The lowest BCUT2D eigenvalue weighted by Gasteiger charge is -2.35. The quantitative estimate of drug-likeness (QED) is 0.674. The average molecular weight is 422 g/mol. The highest BCUT2D eigenvalue weighted by Crippen LogP contribution is 2.32. The molecule has 1 atom stereocenters. The van der Waals surface area contributed by atoms with Crippen molar-refractivity contribution in [3.05, 3.63) is 41.3 Å². The van der Waals surface area contributed by atoms with Gasteiger partial charge in [-0.2, -0.15) is 14.6 Å². The second kappa shape index (κ2) is 8.05. The fourth-order valence-electron chi connectivity index (χ4n) is 4.47. The van der Waals surface area contributed by atoms with Crippen LogP contribution in [0, 0.1) is 12.8 Å². The minimum atomic E-state index is -0.0838. The van der Waals surface area contributed by atoms with E-state index in [4.69, 9.17) is 9.47 Å². The van der Waals surface area contributed by atoms with Gasteiger partial charge in [0, 0.05) is 30.9 Å². The fraction of sp³-hybridized carbons (Fsp3) is 0.455. The number of aryl methyl sites for hydroxylation is 1. The Labute approximate surface area is 180 Å². The van der Waals surface area contributed by atoms with Crippen LogP contribution in [-0.2, 0) is 17.8 Å². The van der Waals surface area contributed by atoms with Gasteiger partial charge in [0.25, 0.3) is 5.78 Å². The van der Waals surface area contributed by atoms with Gasteiger partial charge in [0.05, 0.1) is 5.92 Å². The van der Waals surface area contributed by atoms with Crippen LogP contribution in [0.4, 0.5) is 5.82 Å². The first-order valence-corrected chi connectivity index (χ1v) is 10.7. The summed E-state index contributed by atoms with van der Waals surface area (Å²) in [5.41, 5.74) is 3.11. The molecule has 9 heteroatoms. The molecule has 162 valence electrons. The normalized spacial score (nSPS) is 17.9. The molecule has 0 bridgehead atoms. The SMILES string of the molecule is CCc1c(C)nc2ncnn2c1N1CCC[C@H](C(=O)NCc2ccc3c(c2)OCO3)C1. The lowest BCUT2D eigenvalue weighted by molar-refractivity contribution is -0.125. The lowest BCUT2D eigenvalue weighted by Crippen LogP contribution is -2.44. The van der Waals surface area contributed by atoms with Gasteiger partial charge in [-0.05, 0) is 43.9 Å². The van der Waals surface area contributed by atoms with Gasteiger partial charge in [-0.25, -0.2) is 4.98 Å². The molecule has 3 aromatic rings. The van der Waals surface area contributed by atoms with E-state index in [9.17, 15) is 4.79 Å². The van der Waals surface area contributed by atoms with Crippen LogP contribution < -0.4 is 19.7 Å². The number of nitrogens with zero attached hydrogens (tertiary/aromatic N) is 5. The summed E-state index contributed by atoms with van der Waals surface area (Å²) in [5.74, 6) is 3.07. The van der Waals surface area contributed by atoms with Crippen LogP contribution in [0.1, 0.15) is 36.6 Å². The molecule has 1 N–H and O–H groups in total. The summed E-state index contributed by atoms with van der Waals surface area (Å²) < 4.78 is 12.6. The molecule has 5 rings (SSSR count). The van der Waals surface area contributed by atoms with Crippen molar-refractivity contribution in [2.24, 2.45) is 5.92 Å². The third-order valence-electron chi connectivity index (χ3n) is 6.05. The van der Waals surface area contributed by atoms with E-state index in [0.29, 0.717) is 18.9 Å². The number of anilines is 1. The molecule has 0 radical (unpaired) electrons. The molecule has 0 unspecified atom stereocenters. The number of carbonyl (C=O) groups is 1. The first-order chi connectivity index (χ1) is 15.1. The summed E-state index contributed by atoms with van der Waals surface area (Å²) in [4.78, 5) is 24.1. The van der Waals surface area contributed by atoms with E-state index in [0.717, 1.165) is 59.9 Å². The summed E-state index contributed by atoms with van der Waals surface area (Å²) in [6, 6.07) is 5.76. The molecule has 1 aromatic carbocycles. The topological polar surface area (TPSA) is 93.9 Å². The van der Waals surface area contributed by atoms with Gasteiger partial charge in [-0.1, -0.05) is 13.0 Å². The minimum Gasteiger partial charge on any atom is -0.454 e. The Morgan fingerprint density at radius 3 is 3.03 bits per heavy atom. The Kier molecular flexibility index (Phi) is 5.09. The predicted molar refractivity (Wildman–Crippen MR) is 114 cm³/mol. The van der Waals surface area contributed by atoms with Crippen molar-refractivity contribution in [3.63, 3.8) is 0 Å². The van der Waals surface area contributed by atoms with Crippen LogP contribution in [0.5, 0.6) is 11.5 Å². The predicted octanol–water partition coefficient (Wildman–Crippen LogP) is 2.26. The maximum atomic E-state index is 13.0. The Bertz CT molecular complexity index is 1130. The van der Waals surface area contributed by atoms with E-state index >= 15 is 0 Å². The molecule has 0 aliphatic carbocycles. The van der Waals surface area contributed by atoms with E-state index in [-0.39, 0.29) is 18.6 Å². The number of piperidine rings is 1. The van der Waals surface area contributed by atoms with Crippen LogP contribution in [0.25, 0.3) is 5.78 Å². The molecule has 1 fully saturated rings. The van der Waals surface area contributed by atoms with E-state index < -0.39 is 0 Å². The Hall–Kier alpha value is -3.36. The van der Waals surface area contributed by atoms with Gasteiger partial charge >= 0.3 is 0 Å². The molecule has 0 saturated carbocycles. The third kappa shape index (κ3) is 3.64. The number of aromatic nitrogens is 4. The Morgan fingerprint density at radius 2 is 2.16 bits per heavy atom. The molecule has 1 amide bonds. The highest BCUT2D eigenvalue weighted by atomic mass is 16.7. The van der Waals surface area contributed by atoms with Crippen LogP contribution in [0.2, 0.25) is 0 Å². The smallest absolute Gasteiger partial charge is 0.254 e. The molecular formula is C22H26N6O3. The number of hydrogen-bond donors (Lipinski definition) is 1. The number of amides is 1. The van der Waals surface area contributed by atoms with Gasteiger partial charge in [0.15, 0.2) is 11.5 Å². The number of carbonyl (C=O) groups excluding carboxylic acids is 1. The van der Waals surface area contributed by atoms with Gasteiger partial charge in [-0.15, -0.1) is 0 Å². The second-order valence-electron chi connectivity index (χ2n) is 8.02. The maximum absolute atomic E-state index is 13.0. The largest absolute Gasteiger partial charge is 0.454 e. The molecular weight excluding hydrogens is 396 g/mol. The van der Waals surface area contributed by atoms with Crippen LogP contribution in [0.15, 0.2) is 24.5 Å². The molecule has 9 nitrogen and oxygen atoms in total. The first-order valence-electron chi connectivity index (χ1n) is 10.7. The minimum absolute atomic E-state index is 0.0704. The summed E-state index contributed by atoms with van der Waals surface area (Å²) in [6.45, 7) is 6.38. The van der Waals surface area contributed by atoms with Crippen LogP contribution >= 0.6 is 0 Å². The fourth-order valence-corrected chi connectivity index (χ4v) is 4.47. The number of ether oxygens (including phenoxy) is 2. The van der Waals surface area contributed by atoms with Crippen molar-refractivity contribution >= 4 is 17.5 Å². The zero-order chi connectivity index (χ0) is 21.4. The highest BCUT2D eigenvalue weighted by Gasteiger charge is 2.29. The zero-order valence-electron chi connectivity index (χ0n) is 17.8. The molecule has 2 aliphatic heterocycles. The number of nitrogens with one attached hydrogen (secondary N) is 1. The van der Waals surface area contributed by atoms with Crippen molar-refractivity contribution in [2.45, 2.75) is 39.7 Å². The summed E-state index contributed by atoms with van der Waals surface area (Å²) in [6.07, 6.45) is 4.20. The average Bonchev–Trinajstić information content (AvgIpc) is 3.45. The third-order valence-corrected chi connectivity index (χ3v) is 6.05. The number of benzene rings is 1. The second-order valence-corrected chi connectivity index (χ2v) is 8.02. The van der Waals surface area contributed by atoms with E-state index in [1.807, 2.05) is 25.1 Å². The monoisotopic (exact) mass is 422 g/mol. The van der Waals surface area contributed by atoms with Crippen molar-refractivity contribution in [2.75, 3.05) is 24.8 Å².